The predicted octanol–water partition coefficient (Wildman–Crippen LogP) is 5.53. The molecular weight excluding hydrogens is 454 g/mol. The summed E-state index contributed by atoms with van der Waals surface area (Å²) >= 11 is 2.78. The Morgan fingerprint density at radius 3 is 2.48 bits per heavy atom. The first-order valence-corrected chi connectivity index (χ1v) is 12.6. The number of anilines is 1. The maximum Gasteiger partial charge on any atom is 0.236 e. The molecule has 0 fully saturated rings. The van der Waals surface area contributed by atoms with Gasteiger partial charge >= 0.3 is 0 Å². The first kappa shape index (κ1) is 23.0. The number of hydrogen-bond acceptors (Lipinski definition) is 7. The molecule has 1 amide bonds. The van der Waals surface area contributed by atoms with Gasteiger partial charge in [0.15, 0.2) is 16.1 Å². The molecule has 0 aliphatic heterocycles. The molecule has 7 nitrogen and oxygen atoms in total. The van der Waals surface area contributed by atoms with Gasteiger partial charge in [0, 0.05) is 23.1 Å². The van der Waals surface area contributed by atoms with Gasteiger partial charge in [-0.1, -0.05) is 41.6 Å². The van der Waals surface area contributed by atoms with E-state index in [1.807, 2.05) is 60.2 Å². The molecule has 9 heteroatoms. The molecule has 2 heterocycles. The van der Waals surface area contributed by atoms with E-state index in [4.69, 9.17) is 4.74 Å². The average Bonchev–Trinajstić information content (AvgIpc) is 3.46. The lowest BCUT2D eigenvalue weighted by Crippen LogP contribution is -2.14. The van der Waals surface area contributed by atoms with E-state index in [1.165, 1.54) is 28.7 Å². The van der Waals surface area contributed by atoms with Gasteiger partial charge in [0.25, 0.3) is 0 Å². The number of carbonyl (C=O) groups is 1. The van der Waals surface area contributed by atoms with Crippen molar-refractivity contribution in [3.63, 3.8) is 0 Å². The first-order chi connectivity index (χ1) is 16.1. The van der Waals surface area contributed by atoms with Crippen LogP contribution in [0.4, 0.5) is 5.13 Å². The minimum atomic E-state index is -0.127. The van der Waals surface area contributed by atoms with E-state index in [1.54, 1.807) is 0 Å². The number of hydrogen-bond donors (Lipinski definition) is 1. The van der Waals surface area contributed by atoms with E-state index < -0.39 is 0 Å². The number of benzene rings is 2. The molecule has 33 heavy (non-hydrogen) atoms. The van der Waals surface area contributed by atoms with E-state index in [2.05, 4.69) is 39.6 Å². The number of amides is 1. The molecule has 0 saturated carbocycles. The summed E-state index contributed by atoms with van der Waals surface area (Å²) in [5.74, 6) is 1.69. The van der Waals surface area contributed by atoms with Crippen LogP contribution in [-0.4, -0.2) is 38.0 Å². The van der Waals surface area contributed by atoms with Gasteiger partial charge in [-0.2, -0.15) is 0 Å². The summed E-state index contributed by atoms with van der Waals surface area (Å²) in [6.45, 7) is 7.37. The number of nitrogens with zero attached hydrogens (tertiary/aromatic N) is 4. The largest absolute Gasteiger partial charge is 0.494 e. The van der Waals surface area contributed by atoms with Gasteiger partial charge in [0.1, 0.15) is 5.75 Å². The second-order valence-corrected chi connectivity index (χ2v) is 9.05. The van der Waals surface area contributed by atoms with Crippen LogP contribution in [0, 0.1) is 6.92 Å². The van der Waals surface area contributed by atoms with Crippen LogP contribution in [0.1, 0.15) is 19.4 Å². The third kappa shape index (κ3) is 5.61. The summed E-state index contributed by atoms with van der Waals surface area (Å²) in [5, 5.41) is 14.8. The van der Waals surface area contributed by atoms with Gasteiger partial charge < -0.3 is 14.6 Å². The number of thiazole rings is 1. The van der Waals surface area contributed by atoms with Crippen molar-refractivity contribution in [1.29, 1.82) is 0 Å². The Labute approximate surface area is 201 Å². The molecule has 4 aromatic rings. The molecule has 0 atom stereocenters. The summed E-state index contributed by atoms with van der Waals surface area (Å²) in [6, 6.07) is 16.0. The molecule has 0 radical (unpaired) electrons. The van der Waals surface area contributed by atoms with Gasteiger partial charge in [0.2, 0.25) is 5.91 Å². The molecule has 2 aromatic carbocycles. The van der Waals surface area contributed by atoms with Crippen LogP contribution in [0.2, 0.25) is 0 Å². The summed E-state index contributed by atoms with van der Waals surface area (Å²) in [4.78, 5) is 17.1. The highest BCUT2D eigenvalue weighted by molar-refractivity contribution is 7.99. The zero-order valence-corrected chi connectivity index (χ0v) is 20.4. The van der Waals surface area contributed by atoms with Crippen molar-refractivity contribution in [3.05, 3.63) is 59.5 Å². The van der Waals surface area contributed by atoms with Gasteiger partial charge in [-0.15, -0.1) is 21.5 Å². The number of rotatable bonds is 9. The molecule has 4 rings (SSSR count). The van der Waals surface area contributed by atoms with Crippen LogP contribution in [0.15, 0.2) is 59.1 Å². The number of thioether (sulfide) groups is 1. The van der Waals surface area contributed by atoms with Crippen molar-refractivity contribution < 1.29 is 9.53 Å². The molecule has 1 N–H and O–H groups in total. The van der Waals surface area contributed by atoms with Gasteiger partial charge in [-0.05, 0) is 45.0 Å². The van der Waals surface area contributed by atoms with Gasteiger partial charge in [0.05, 0.1) is 18.1 Å². The van der Waals surface area contributed by atoms with Crippen molar-refractivity contribution in [2.24, 2.45) is 0 Å². The Kier molecular flexibility index (Phi) is 7.41. The highest BCUT2D eigenvalue weighted by Crippen LogP contribution is 2.27. The summed E-state index contributed by atoms with van der Waals surface area (Å²) in [7, 11) is 0. The third-order valence-corrected chi connectivity index (χ3v) is 6.61. The Balaban J connectivity index is 1.38. The zero-order chi connectivity index (χ0) is 23.2. The topological polar surface area (TPSA) is 81.9 Å². The van der Waals surface area contributed by atoms with Crippen LogP contribution >= 0.6 is 23.1 Å². The van der Waals surface area contributed by atoms with Crippen molar-refractivity contribution in [1.82, 2.24) is 19.7 Å². The SMILES string of the molecule is CCOc1ccc(-c2nnc(SCC(=O)Nc3nc(-c4ccc(C)cc4)cs3)n2CC)cc1. The molecule has 0 saturated heterocycles. The number of aromatic nitrogens is 4. The van der Waals surface area contributed by atoms with Crippen LogP contribution < -0.4 is 10.1 Å². The van der Waals surface area contributed by atoms with Crippen molar-refractivity contribution in [3.8, 4) is 28.4 Å². The van der Waals surface area contributed by atoms with E-state index in [0.29, 0.717) is 23.4 Å². The maximum absolute atomic E-state index is 12.5. The smallest absolute Gasteiger partial charge is 0.236 e. The van der Waals surface area contributed by atoms with Crippen LogP contribution in [0.5, 0.6) is 5.75 Å². The number of ether oxygens (including phenoxy) is 1. The summed E-state index contributed by atoms with van der Waals surface area (Å²) < 4.78 is 7.51. The lowest BCUT2D eigenvalue weighted by atomic mass is 10.1. The fraction of sp³-hybridized carbons (Fsp3) is 0.250. The number of carbonyl (C=O) groups excluding carboxylic acids is 1. The minimum Gasteiger partial charge on any atom is -0.494 e. The van der Waals surface area contributed by atoms with Crippen LogP contribution in [0.3, 0.4) is 0 Å². The molecular formula is C24H25N5O2S2. The van der Waals surface area contributed by atoms with E-state index in [-0.39, 0.29) is 11.7 Å². The average molecular weight is 480 g/mol. The molecule has 0 bridgehead atoms. The van der Waals surface area contributed by atoms with Crippen molar-refractivity contribution >= 4 is 34.1 Å². The normalized spacial score (nSPS) is 10.9. The zero-order valence-electron chi connectivity index (χ0n) is 18.7. The lowest BCUT2D eigenvalue weighted by Gasteiger charge is -2.08. The number of aryl methyl sites for hydroxylation is 1. The number of nitrogens with one attached hydrogen (secondary N) is 1. The second kappa shape index (κ2) is 10.6. The molecule has 170 valence electrons. The standard InChI is InChI=1S/C24H25N5O2S2/c1-4-29-22(18-10-12-19(13-11-18)31-5-2)27-28-24(29)33-15-21(30)26-23-25-20(14-32-23)17-8-6-16(3)7-9-17/h6-14H,4-5,15H2,1-3H3,(H,25,26,30). The Bertz CT molecular complexity index is 1220. The molecule has 0 spiro atoms. The third-order valence-electron chi connectivity index (χ3n) is 4.89. The Morgan fingerprint density at radius 1 is 1.06 bits per heavy atom. The van der Waals surface area contributed by atoms with Crippen molar-refractivity contribution in [2.45, 2.75) is 32.5 Å². The summed E-state index contributed by atoms with van der Waals surface area (Å²) in [5.41, 5.74) is 4.04. The van der Waals surface area contributed by atoms with E-state index >= 15 is 0 Å². The van der Waals surface area contributed by atoms with Crippen molar-refractivity contribution in [2.75, 3.05) is 17.7 Å². The van der Waals surface area contributed by atoms with Crippen LogP contribution in [0.25, 0.3) is 22.6 Å². The highest BCUT2D eigenvalue weighted by atomic mass is 32.2. The first-order valence-electron chi connectivity index (χ1n) is 10.7. The van der Waals surface area contributed by atoms with E-state index in [9.17, 15) is 4.79 Å². The van der Waals surface area contributed by atoms with Gasteiger partial charge in [-0.25, -0.2) is 4.98 Å². The monoisotopic (exact) mass is 479 g/mol. The predicted molar refractivity (Wildman–Crippen MR) is 134 cm³/mol. The molecule has 0 aliphatic carbocycles. The fourth-order valence-corrected chi connectivity index (χ4v) is 4.77. The molecule has 2 aromatic heterocycles. The molecule has 0 unspecified atom stereocenters. The summed E-state index contributed by atoms with van der Waals surface area (Å²) in [6.07, 6.45) is 0. The van der Waals surface area contributed by atoms with Crippen LogP contribution in [-0.2, 0) is 11.3 Å². The lowest BCUT2D eigenvalue weighted by molar-refractivity contribution is -0.113. The Morgan fingerprint density at radius 2 is 1.79 bits per heavy atom. The molecule has 0 aliphatic rings. The Hall–Kier alpha value is -3.17. The minimum absolute atomic E-state index is 0.127. The maximum atomic E-state index is 12.5. The van der Waals surface area contributed by atoms with E-state index in [0.717, 1.165) is 28.4 Å². The van der Waals surface area contributed by atoms with Gasteiger partial charge in [-0.3, -0.25) is 4.79 Å². The highest BCUT2D eigenvalue weighted by Gasteiger charge is 2.15. The fourth-order valence-electron chi connectivity index (χ4n) is 3.23. The quantitative estimate of drug-likeness (QED) is 0.318. The second-order valence-electron chi connectivity index (χ2n) is 7.25.